The molecule has 18 heavy (non-hydrogen) atoms. The van der Waals surface area contributed by atoms with Crippen molar-refractivity contribution in [2.75, 3.05) is 0 Å². The van der Waals surface area contributed by atoms with Crippen LogP contribution in [0.5, 0.6) is 0 Å². The van der Waals surface area contributed by atoms with Gasteiger partial charge in [-0.15, -0.1) is 0 Å². The van der Waals surface area contributed by atoms with Crippen LogP contribution in [0.25, 0.3) is 10.8 Å². The standard InChI is InChI=1S/C10H7NO5S.Na/c12-11(13)8-4-5-9-7(6-8)2-1-3-10(9)17(14,15)16;/h1-6H,(H,14,15,16);/q;+1/p-1. The predicted octanol–water partition coefficient (Wildman–Crippen LogP) is -1.34. The first-order chi connectivity index (χ1) is 7.89. The Labute approximate surface area is 125 Å². The molecule has 0 bridgehead atoms. The van der Waals surface area contributed by atoms with Crippen LogP contribution < -0.4 is 29.6 Å². The van der Waals surface area contributed by atoms with Crippen molar-refractivity contribution in [3.05, 3.63) is 46.5 Å². The summed E-state index contributed by atoms with van der Waals surface area (Å²) in [6, 6.07) is 7.71. The summed E-state index contributed by atoms with van der Waals surface area (Å²) < 4.78 is 32.9. The number of nitrogens with zero attached hydrogens (tertiary/aromatic N) is 1. The van der Waals surface area contributed by atoms with Crippen LogP contribution in [0.1, 0.15) is 0 Å². The first-order valence-electron chi connectivity index (χ1n) is 4.52. The van der Waals surface area contributed by atoms with Crippen molar-refractivity contribution >= 4 is 26.6 Å². The van der Waals surface area contributed by atoms with E-state index < -0.39 is 15.0 Å². The van der Waals surface area contributed by atoms with E-state index in [-0.39, 0.29) is 45.5 Å². The fourth-order valence-electron chi connectivity index (χ4n) is 1.57. The number of nitro benzene ring substituents is 1. The third-order valence-electron chi connectivity index (χ3n) is 2.30. The Balaban J connectivity index is 0.00000162. The van der Waals surface area contributed by atoms with Gasteiger partial charge in [0.05, 0.1) is 9.82 Å². The molecule has 0 aliphatic carbocycles. The van der Waals surface area contributed by atoms with Gasteiger partial charge in [-0.3, -0.25) is 10.1 Å². The van der Waals surface area contributed by atoms with E-state index in [1.54, 1.807) is 0 Å². The van der Waals surface area contributed by atoms with E-state index >= 15 is 0 Å². The van der Waals surface area contributed by atoms with Gasteiger partial charge < -0.3 is 4.55 Å². The van der Waals surface area contributed by atoms with Crippen molar-refractivity contribution in [3.63, 3.8) is 0 Å². The molecule has 0 atom stereocenters. The van der Waals surface area contributed by atoms with Gasteiger partial charge in [0.1, 0.15) is 10.1 Å². The molecule has 0 heterocycles. The number of fused-ring (bicyclic) bond motifs is 1. The molecule has 0 aromatic heterocycles. The van der Waals surface area contributed by atoms with Crippen molar-refractivity contribution in [2.24, 2.45) is 0 Å². The minimum atomic E-state index is -4.58. The number of rotatable bonds is 2. The summed E-state index contributed by atoms with van der Waals surface area (Å²) in [6.07, 6.45) is 0. The molecule has 2 aromatic rings. The van der Waals surface area contributed by atoms with Crippen LogP contribution in [0.4, 0.5) is 5.69 Å². The number of non-ortho nitro benzene ring substituents is 1. The Morgan fingerprint density at radius 3 is 2.33 bits per heavy atom. The summed E-state index contributed by atoms with van der Waals surface area (Å²) >= 11 is 0. The molecule has 0 aliphatic rings. The molecule has 0 saturated heterocycles. The Hall–Kier alpha value is -0.990. The SMILES string of the molecule is O=[N+]([O-])c1ccc2c(S(=O)(=O)[O-])cccc2c1.[Na+]. The number of benzene rings is 2. The average molecular weight is 275 g/mol. The molecule has 0 amide bonds. The molecule has 2 aromatic carbocycles. The fourth-order valence-corrected chi connectivity index (χ4v) is 2.27. The van der Waals surface area contributed by atoms with Crippen LogP contribution in [0.2, 0.25) is 0 Å². The summed E-state index contributed by atoms with van der Waals surface area (Å²) in [5.74, 6) is 0. The quantitative estimate of drug-likeness (QED) is 0.292. The Morgan fingerprint density at radius 1 is 1.11 bits per heavy atom. The minimum absolute atomic E-state index is 0. The van der Waals surface area contributed by atoms with E-state index in [9.17, 15) is 23.1 Å². The minimum Gasteiger partial charge on any atom is -0.744 e. The zero-order valence-corrected chi connectivity index (χ0v) is 12.2. The van der Waals surface area contributed by atoms with Crippen LogP contribution in [0.3, 0.4) is 0 Å². The van der Waals surface area contributed by atoms with Gasteiger partial charge in [0.25, 0.3) is 5.69 Å². The van der Waals surface area contributed by atoms with Gasteiger partial charge in [-0.1, -0.05) is 12.1 Å². The maximum Gasteiger partial charge on any atom is 1.00 e. The maximum absolute atomic E-state index is 11.0. The average Bonchev–Trinajstić information content (AvgIpc) is 2.26. The summed E-state index contributed by atoms with van der Waals surface area (Å²) in [6.45, 7) is 0. The zero-order valence-electron chi connectivity index (χ0n) is 9.36. The molecule has 6 nitrogen and oxygen atoms in total. The molecule has 8 heteroatoms. The van der Waals surface area contributed by atoms with Crippen LogP contribution in [-0.4, -0.2) is 17.9 Å². The molecule has 0 fully saturated rings. The molecule has 0 N–H and O–H groups in total. The number of hydrogen-bond donors (Lipinski definition) is 0. The second-order valence-electron chi connectivity index (χ2n) is 3.37. The second kappa shape index (κ2) is 5.33. The van der Waals surface area contributed by atoms with Crippen molar-refractivity contribution in [1.82, 2.24) is 0 Å². The Kier molecular flexibility index (Phi) is 4.46. The number of nitro groups is 1. The van der Waals surface area contributed by atoms with E-state index in [0.717, 1.165) is 6.07 Å². The molecule has 0 unspecified atom stereocenters. The Bertz CT molecular complexity index is 713. The molecule has 0 spiro atoms. The zero-order chi connectivity index (χ0) is 12.6. The van der Waals surface area contributed by atoms with Gasteiger partial charge in [0.15, 0.2) is 0 Å². The van der Waals surface area contributed by atoms with Crippen LogP contribution >= 0.6 is 0 Å². The predicted molar refractivity (Wildman–Crippen MR) is 58.6 cm³/mol. The monoisotopic (exact) mass is 275 g/mol. The smallest absolute Gasteiger partial charge is 0.744 e. The van der Waals surface area contributed by atoms with Crippen LogP contribution in [0, 0.1) is 10.1 Å². The summed E-state index contributed by atoms with van der Waals surface area (Å²) in [5.41, 5.74) is -0.155. The maximum atomic E-state index is 11.0. The van der Waals surface area contributed by atoms with Crippen molar-refractivity contribution < 1.29 is 47.5 Å². The number of hydrogen-bond acceptors (Lipinski definition) is 5. The fraction of sp³-hybridized carbons (Fsp3) is 0. The van der Waals surface area contributed by atoms with E-state index in [1.165, 1.54) is 30.3 Å². The molecular formula is C10H6NNaO5S. The van der Waals surface area contributed by atoms with Crippen molar-refractivity contribution in [2.45, 2.75) is 4.90 Å². The third kappa shape index (κ3) is 2.88. The molecule has 2 rings (SSSR count). The summed E-state index contributed by atoms with van der Waals surface area (Å²) in [7, 11) is -4.58. The summed E-state index contributed by atoms with van der Waals surface area (Å²) in [5, 5.41) is 11.1. The van der Waals surface area contributed by atoms with E-state index in [1.807, 2.05) is 0 Å². The van der Waals surface area contributed by atoms with Gasteiger partial charge in [0.2, 0.25) is 0 Å². The first-order valence-corrected chi connectivity index (χ1v) is 5.93. The van der Waals surface area contributed by atoms with Crippen molar-refractivity contribution in [3.8, 4) is 0 Å². The Morgan fingerprint density at radius 2 is 1.78 bits per heavy atom. The van der Waals surface area contributed by atoms with Gasteiger partial charge in [-0.05, 0) is 22.9 Å². The van der Waals surface area contributed by atoms with Crippen molar-refractivity contribution in [1.29, 1.82) is 0 Å². The normalized spacial score (nSPS) is 10.9. The van der Waals surface area contributed by atoms with E-state index in [4.69, 9.17) is 0 Å². The van der Waals surface area contributed by atoms with Gasteiger partial charge in [-0.2, -0.15) is 0 Å². The second-order valence-corrected chi connectivity index (χ2v) is 4.72. The third-order valence-corrected chi connectivity index (χ3v) is 3.20. The molecular weight excluding hydrogens is 269 g/mol. The molecule has 88 valence electrons. The van der Waals surface area contributed by atoms with Crippen LogP contribution in [-0.2, 0) is 10.1 Å². The largest absolute Gasteiger partial charge is 1.00 e. The summed E-state index contributed by atoms with van der Waals surface area (Å²) in [4.78, 5) is 9.60. The van der Waals surface area contributed by atoms with Gasteiger partial charge >= 0.3 is 29.6 Å². The van der Waals surface area contributed by atoms with Gasteiger partial charge in [0, 0.05) is 12.1 Å². The molecule has 0 saturated carbocycles. The van der Waals surface area contributed by atoms with E-state index in [2.05, 4.69) is 0 Å². The van der Waals surface area contributed by atoms with Gasteiger partial charge in [-0.25, -0.2) is 8.42 Å². The van der Waals surface area contributed by atoms with E-state index in [0.29, 0.717) is 5.39 Å². The molecule has 0 aliphatic heterocycles. The molecule has 0 radical (unpaired) electrons. The first kappa shape index (κ1) is 15.1. The van der Waals surface area contributed by atoms with Crippen LogP contribution in [0.15, 0.2) is 41.3 Å². The topological polar surface area (TPSA) is 100 Å².